The first-order chi connectivity index (χ1) is 12.7. The molecule has 1 atom stereocenters. The molecule has 0 bridgehead atoms. The van der Waals surface area contributed by atoms with E-state index in [-0.39, 0.29) is 23.0 Å². The molecule has 1 aliphatic heterocycles. The van der Waals surface area contributed by atoms with Gasteiger partial charge in [0, 0.05) is 11.3 Å². The van der Waals surface area contributed by atoms with E-state index in [4.69, 9.17) is 10.5 Å². The molecule has 1 unspecified atom stereocenters. The van der Waals surface area contributed by atoms with Crippen LogP contribution in [-0.2, 0) is 9.53 Å². The third-order valence-corrected chi connectivity index (χ3v) is 3.92. The van der Waals surface area contributed by atoms with E-state index >= 15 is 0 Å². The Labute approximate surface area is 161 Å². The van der Waals surface area contributed by atoms with Crippen molar-refractivity contribution in [1.82, 2.24) is 16.1 Å². The van der Waals surface area contributed by atoms with Gasteiger partial charge in [0.25, 0.3) is 0 Å². The number of urea groups is 1. The van der Waals surface area contributed by atoms with Crippen LogP contribution in [0.5, 0.6) is 5.75 Å². The number of aromatic hydroxyl groups is 1. The Morgan fingerprint density at radius 3 is 2.81 bits per heavy atom. The molecule has 0 saturated heterocycles. The summed E-state index contributed by atoms with van der Waals surface area (Å²) in [6.45, 7) is 5.22. The maximum absolute atomic E-state index is 12.4. The van der Waals surface area contributed by atoms with Crippen molar-refractivity contribution in [3.05, 3.63) is 40.1 Å². The summed E-state index contributed by atoms with van der Waals surface area (Å²) in [5, 5.41) is 19.4. The van der Waals surface area contributed by atoms with Crippen LogP contribution < -0.4 is 21.8 Å². The van der Waals surface area contributed by atoms with Crippen molar-refractivity contribution in [2.45, 2.75) is 26.8 Å². The van der Waals surface area contributed by atoms with Gasteiger partial charge in [-0.2, -0.15) is 5.10 Å². The molecule has 10 heteroatoms. The first kappa shape index (κ1) is 20.2. The number of carbonyl (C=O) groups is 2. The monoisotopic (exact) mass is 391 g/mol. The number of nitrogens with zero attached hydrogens (tertiary/aromatic N) is 1. The van der Waals surface area contributed by atoms with E-state index in [2.05, 4.69) is 33.4 Å². The SMILES string of the molecule is CCOC(=O)C1=C(C)NC(=O)NC1c1cc(C)c(O)c(/C=N/NC(N)=S)c1. The minimum Gasteiger partial charge on any atom is -0.507 e. The lowest BCUT2D eigenvalue weighted by atomic mass is 9.92. The molecule has 1 aromatic rings. The van der Waals surface area contributed by atoms with Crippen molar-refractivity contribution < 1.29 is 19.4 Å². The molecule has 27 heavy (non-hydrogen) atoms. The number of benzene rings is 1. The molecule has 0 fully saturated rings. The number of amides is 2. The number of hydrazone groups is 1. The fraction of sp³-hybridized carbons (Fsp3) is 0.294. The Hall–Kier alpha value is -3.14. The van der Waals surface area contributed by atoms with Crippen LogP contribution in [0.4, 0.5) is 4.79 Å². The average molecular weight is 391 g/mol. The second kappa shape index (κ2) is 8.49. The normalized spacial score (nSPS) is 16.7. The number of phenols is 1. The average Bonchev–Trinajstić information content (AvgIpc) is 2.57. The zero-order valence-corrected chi connectivity index (χ0v) is 15.9. The Morgan fingerprint density at radius 1 is 1.48 bits per heavy atom. The molecule has 2 amide bonds. The van der Waals surface area contributed by atoms with Crippen molar-refractivity contribution in [3.8, 4) is 5.75 Å². The third-order valence-electron chi connectivity index (χ3n) is 3.83. The minimum atomic E-state index is -0.743. The van der Waals surface area contributed by atoms with Crippen LogP contribution in [0, 0.1) is 6.92 Å². The Kier molecular flexibility index (Phi) is 6.35. The summed E-state index contributed by atoms with van der Waals surface area (Å²) >= 11 is 4.67. The number of aryl methyl sites for hydroxylation is 1. The highest BCUT2D eigenvalue weighted by Gasteiger charge is 2.32. The summed E-state index contributed by atoms with van der Waals surface area (Å²) in [5.74, 6) is -0.533. The van der Waals surface area contributed by atoms with E-state index in [1.165, 1.54) is 6.21 Å². The molecule has 0 radical (unpaired) electrons. The van der Waals surface area contributed by atoms with Gasteiger partial charge in [0.05, 0.1) is 24.4 Å². The molecule has 1 aliphatic rings. The summed E-state index contributed by atoms with van der Waals surface area (Å²) < 4.78 is 5.11. The molecule has 0 saturated carbocycles. The van der Waals surface area contributed by atoms with Gasteiger partial charge in [0.15, 0.2) is 5.11 Å². The van der Waals surface area contributed by atoms with Gasteiger partial charge >= 0.3 is 12.0 Å². The number of esters is 1. The van der Waals surface area contributed by atoms with Crippen molar-refractivity contribution in [2.24, 2.45) is 10.8 Å². The van der Waals surface area contributed by atoms with Gasteiger partial charge in [0.2, 0.25) is 0 Å². The quantitative estimate of drug-likeness (QED) is 0.219. The second-order valence-corrected chi connectivity index (χ2v) is 6.24. The number of nitrogens with one attached hydrogen (secondary N) is 3. The minimum absolute atomic E-state index is 0.00545. The van der Waals surface area contributed by atoms with Crippen molar-refractivity contribution in [1.29, 1.82) is 0 Å². The van der Waals surface area contributed by atoms with E-state index in [0.717, 1.165) is 0 Å². The van der Waals surface area contributed by atoms with Crippen LogP contribution in [0.15, 0.2) is 28.5 Å². The number of carbonyl (C=O) groups excluding carboxylic acids is 2. The third kappa shape index (κ3) is 4.73. The van der Waals surface area contributed by atoms with Gasteiger partial charge in [0.1, 0.15) is 5.75 Å². The number of hydrogen-bond donors (Lipinski definition) is 5. The van der Waals surface area contributed by atoms with Gasteiger partial charge < -0.3 is 26.2 Å². The summed E-state index contributed by atoms with van der Waals surface area (Å²) in [6.07, 6.45) is 1.34. The van der Waals surface area contributed by atoms with Crippen molar-refractivity contribution in [2.75, 3.05) is 6.61 Å². The second-order valence-electron chi connectivity index (χ2n) is 5.80. The fourth-order valence-electron chi connectivity index (χ4n) is 2.69. The number of thiocarbonyl (C=S) groups is 1. The topological polar surface area (TPSA) is 138 Å². The Morgan fingerprint density at radius 2 is 2.19 bits per heavy atom. The van der Waals surface area contributed by atoms with Gasteiger partial charge in [-0.15, -0.1) is 0 Å². The number of allylic oxidation sites excluding steroid dienone is 1. The van der Waals surface area contributed by atoms with Crippen LogP contribution in [-0.4, -0.2) is 35.0 Å². The molecule has 144 valence electrons. The maximum atomic E-state index is 12.4. The standard InChI is InChI=1S/C17H21N5O4S/c1-4-26-15(24)12-9(3)20-17(25)21-13(12)10-5-8(2)14(23)11(6-10)7-19-22-16(18)27/h5-7,13,23H,4H2,1-3H3,(H3,18,22,27)(H2,20,21,25)/b19-7+. The largest absolute Gasteiger partial charge is 0.507 e. The molecule has 0 aliphatic carbocycles. The summed E-state index contributed by atoms with van der Waals surface area (Å²) in [6, 6.07) is 2.10. The molecule has 1 heterocycles. The lowest BCUT2D eigenvalue weighted by molar-refractivity contribution is -0.139. The van der Waals surface area contributed by atoms with Gasteiger partial charge in [-0.3, -0.25) is 5.43 Å². The first-order valence-corrected chi connectivity index (χ1v) is 8.52. The molecule has 6 N–H and O–H groups in total. The van der Waals surface area contributed by atoms with Gasteiger partial charge in [-0.1, -0.05) is 0 Å². The molecular formula is C17H21N5O4S. The number of nitrogens with two attached hydrogens (primary N) is 1. The predicted molar refractivity (Wildman–Crippen MR) is 104 cm³/mol. The van der Waals surface area contributed by atoms with Crippen LogP contribution in [0.25, 0.3) is 0 Å². The van der Waals surface area contributed by atoms with Gasteiger partial charge in [-0.25, -0.2) is 9.59 Å². The molecule has 1 aromatic carbocycles. The Balaban J connectivity index is 2.50. The van der Waals surface area contributed by atoms with E-state index in [1.54, 1.807) is 32.9 Å². The lowest BCUT2D eigenvalue weighted by Crippen LogP contribution is -2.45. The lowest BCUT2D eigenvalue weighted by Gasteiger charge is -2.28. The van der Waals surface area contributed by atoms with Crippen LogP contribution >= 0.6 is 12.2 Å². The van der Waals surface area contributed by atoms with E-state index in [9.17, 15) is 14.7 Å². The molecular weight excluding hydrogens is 370 g/mol. The molecule has 0 spiro atoms. The molecule has 0 aromatic heterocycles. The van der Waals surface area contributed by atoms with Crippen molar-refractivity contribution in [3.63, 3.8) is 0 Å². The van der Waals surface area contributed by atoms with E-state index < -0.39 is 18.0 Å². The number of hydrogen-bond acceptors (Lipinski definition) is 6. The highest BCUT2D eigenvalue weighted by atomic mass is 32.1. The first-order valence-electron chi connectivity index (χ1n) is 8.12. The zero-order chi connectivity index (χ0) is 20.1. The summed E-state index contributed by atoms with van der Waals surface area (Å²) in [7, 11) is 0. The maximum Gasteiger partial charge on any atom is 0.338 e. The van der Waals surface area contributed by atoms with Gasteiger partial charge in [-0.05, 0) is 56.2 Å². The summed E-state index contributed by atoms with van der Waals surface area (Å²) in [4.78, 5) is 24.3. The van der Waals surface area contributed by atoms with E-state index in [1.807, 2.05) is 0 Å². The number of ether oxygens (including phenoxy) is 1. The fourth-order valence-corrected chi connectivity index (χ4v) is 2.74. The smallest absolute Gasteiger partial charge is 0.338 e. The molecule has 9 nitrogen and oxygen atoms in total. The van der Waals surface area contributed by atoms with Crippen molar-refractivity contribution >= 4 is 35.5 Å². The predicted octanol–water partition coefficient (Wildman–Crippen LogP) is 1.06. The number of phenolic OH excluding ortho intramolecular Hbond substituents is 1. The number of rotatable bonds is 5. The van der Waals surface area contributed by atoms with E-state index in [0.29, 0.717) is 22.4 Å². The molecule has 2 rings (SSSR count). The Bertz CT molecular complexity index is 850. The highest BCUT2D eigenvalue weighted by molar-refractivity contribution is 7.80. The van der Waals surface area contributed by atoms with Crippen LogP contribution in [0.1, 0.15) is 36.6 Å². The van der Waals surface area contributed by atoms with Crippen LogP contribution in [0.2, 0.25) is 0 Å². The highest BCUT2D eigenvalue weighted by Crippen LogP contribution is 2.32. The summed E-state index contributed by atoms with van der Waals surface area (Å²) in [5.41, 5.74) is 9.89. The zero-order valence-electron chi connectivity index (χ0n) is 15.1. The van der Waals surface area contributed by atoms with Crippen LogP contribution in [0.3, 0.4) is 0 Å².